The Hall–Kier alpha value is -1.84. The first kappa shape index (κ1) is 12.6. The Morgan fingerprint density at radius 1 is 1.22 bits per heavy atom. The maximum Gasteiger partial charge on any atom is 0.298 e. The van der Waals surface area contributed by atoms with E-state index in [0.717, 1.165) is 5.56 Å². The Kier molecular flexibility index (Phi) is 2.69. The van der Waals surface area contributed by atoms with E-state index >= 15 is 0 Å². The Morgan fingerprint density at radius 3 is 2.17 bits per heavy atom. The molecule has 0 aliphatic carbocycles. The van der Waals surface area contributed by atoms with Crippen molar-refractivity contribution in [3.63, 3.8) is 0 Å². The van der Waals surface area contributed by atoms with Crippen molar-refractivity contribution in [1.82, 2.24) is 0 Å². The third-order valence-corrected chi connectivity index (χ3v) is 3.23. The molecule has 0 spiro atoms. The zero-order valence-electron chi connectivity index (χ0n) is 11.2. The molecule has 4 heteroatoms. The van der Waals surface area contributed by atoms with Gasteiger partial charge in [0.2, 0.25) is 5.60 Å². The monoisotopic (exact) mass is 246 g/mol. The second kappa shape index (κ2) is 3.83. The summed E-state index contributed by atoms with van der Waals surface area (Å²) in [5.41, 5.74) is 6.41. The molecule has 1 heterocycles. The van der Waals surface area contributed by atoms with Gasteiger partial charge in [0.05, 0.1) is 0 Å². The van der Waals surface area contributed by atoms with Crippen molar-refractivity contribution in [3.05, 3.63) is 35.4 Å². The van der Waals surface area contributed by atoms with Crippen LogP contribution in [-0.2, 0) is 20.5 Å². The van der Waals surface area contributed by atoms with Crippen LogP contribution in [0.4, 0.5) is 0 Å². The van der Waals surface area contributed by atoms with E-state index in [1.807, 2.05) is 24.3 Å². The number of carbonyl (C=O) groups is 1. The molecule has 1 aliphatic heterocycles. The maximum atomic E-state index is 11.8. The number of aliphatic imine (C=N–C) groups is 1. The molecule has 0 fully saturated rings. The Morgan fingerprint density at radius 2 is 1.78 bits per heavy atom. The lowest BCUT2D eigenvalue weighted by Crippen LogP contribution is -2.32. The fourth-order valence-corrected chi connectivity index (χ4v) is 1.95. The van der Waals surface area contributed by atoms with Gasteiger partial charge in [0.1, 0.15) is 0 Å². The van der Waals surface area contributed by atoms with Crippen LogP contribution >= 0.6 is 0 Å². The quantitative estimate of drug-likeness (QED) is 0.825. The number of amides is 1. The molecule has 96 valence electrons. The van der Waals surface area contributed by atoms with E-state index < -0.39 is 5.60 Å². The number of nitrogens with zero attached hydrogens (tertiary/aromatic N) is 1. The van der Waals surface area contributed by atoms with Gasteiger partial charge in [-0.15, -0.1) is 0 Å². The summed E-state index contributed by atoms with van der Waals surface area (Å²) >= 11 is 0. The average Bonchev–Trinajstić information content (AvgIpc) is 2.53. The molecule has 0 bridgehead atoms. The number of ether oxygens (including phenoxy) is 1. The van der Waals surface area contributed by atoms with E-state index in [-0.39, 0.29) is 17.3 Å². The number of carbonyl (C=O) groups excluding carboxylic acids is 1. The highest BCUT2D eigenvalue weighted by molar-refractivity contribution is 6.01. The van der Waals surface area contributed by atoms with Crippen LogP contribution in [0, 0.1) is 0 Å². The Bertz CT molecular complexity index is 512. The van der Waals surface area contributed by atoms with E-state index in [9.17, 15) is 4.79 Å². The number of hydrogen-bond donors (Lipinski definition) is 1. The molecule has 1 amide bonds. The maximum absolute atomic E-state index is 11.8. The molecule has 1 aromatic carbocycles. The molecule has 4 nitrogen and oxygen atoms in total. The predicted octanol–water partition coefficient (Wildman–Crippen LogP) is 2.07. The highest BCUT2D eigenvalue weighted by Gasteiger charge is 2.43. The molecule has 1 unspecified atom stereocenters. The second-order valence-electron chi connectivity index (χ2n) is 5.72. The summed E-state index contributed by atoms with van der Waals surface area (Å²) in [7, 11) is 0. The number of amidine groups is 1. The largest absolute Gasteiger partial charge is 0.444 e. The van der Waals surface area contributed by atoms with Crippen molar-refractivity contribution in [1.29, 1.82) is 0 Å². The van der Waals surface area contributed by atoms with Gasteiger partial charge in [0.25, 0.3) is 11.9 Å². The van der Waals surface area contributed by atoms with Crippen molar-refractivity contribution in [3.8, 4) is 0 Å². The number of benzene rings is 1. The number of hydrogen-bond acceptors (Lipinski definition) is 3. The minimum atomic E-state index is -1.08. The predicted molar refractivity (Wildman–Crippen MR) is 70.2 cm³/mol. The first-order valence-corrected chi connectivity index (χ1v) is 5.92. The van der Waals surface area contributed by atoms with Crippen molar-refractivity contribution in [2.24, 2.45) is 10.7 Å². The van der Waals surface area contributed by atoms with E-state index in [4.69, 9.17) is 10.5 Å². The van der Waals surface area contributed by atoms with Gasteiger partial charge < -0.3 is 10.5 Å². The summed E-state index contributed by atoms with van der Waals surface area (Å²) in [5.74, 6) is -0.358. The van der Waals surface area contributed by atoms with Crippen LogP contribution in [0.3, 0.4) is 0 Å². The van der Waals surface area contributed by atoms with Crippen LogP contribution in [-0.4, -0.2) is 11.9 Å². The summed E-state index contributed by atoms with van der Waals surface area (Å²) < 4.78 is 5.35. The van der Waals surface area contributed by atoms with Crippen molar-refractivity contribution in [2.45, 2.75) is 38.7 Å². The summed E-state index contributed by atoms with van der Waals surface area (Å²) in [6, 6.07) is 7.74. The van der Waals surface area contributed by atoms with Crippen molar-refractivity contribution in [2.75, 3.05) is 0 Å². The minimum absolute atomic E-state index is 0.0672. The van der Waals surface area contributed by atoms with E-state index in [1.54, 1.807) is 6.92 Å². The molecule has 1 atom stereocenters. The topological polar surface area (TPSA) is 64.7 Å². The molecule has 0 saturated heterocycles. The second-order valence-corrected chi connectivity index (χ2v) is 5.72. The summed E-state index contributed by atoms with van der Waals surface area (Å²) in [6.07, 6.45) is 0. The van der Waals surface area contributed by atoms with Gasteiger partial charge in [-0.3, -0.25) is 4.79 Å². The highest BCUT2D eigenvalue weighted by atomic mass is 16.5. The summed E-state index contributed by atoms with van der Waals surface area (Å²) in [6.45, 7) is 8.11. The standard InChI is InChI=1S/C14H18N2O2/c1-13(2,3)9-5-7-10(8-6-9)14(4)11(17)16-12(15)18-14/h5-8H,1-4H3,(H2,15,16,17). The highest BCUT2D eigenvalue weighted by Crippen LogP contribution is 2.32. The van der Waals surface area contributed by atoms with Crippen LogP contribution in [0.2, 0.25) is 0 Å². The zero-order chi connectivity index (χ0) is 13.6. The first-order chi connectivity index (χ1) is 8.23. The van der Waals surface area contributed by atoms with Gasteiger partial charge in [-0.1, -0.05) is 45.0 Å². The summed E-state index contributed by atoms with van der Waals surface area (Å²) in [5, 5.41) is 0. The number of rotatable bonds is 1. The van der Waals surface area contributed by atoms with Gasteiger partial charge in [0, 0.05) is 5.56 Å². The van der Waals surface area contributed by atoms with Crippen LogP contribution in [0.5, 0.6) is 0 Å². The van der Waals surface area contributed by atoms with E-state index in [2.05, 4.69) is 25.8 Å². The molecule has 1 aromatic rings. The van der Waals surface area contributed by atoms with Gasteiger partial charge in [-0.25, -0.2) is 0 Å². The molecular formula is C14H18N2O2. The Labute approximate surface area is 107 Å². The van der Waals surface area contributed by atoms with Crippen LogP contribution < -0.4 is 5.73 Å². The SMILES string of the molecule is CC(C)(C)c1ccc(C2(C)OC(N)=NC2=O)cc1. The zero-order valence-corrected chi connectivity index (χ0v) is 11.2. The minimum Gasteiger partial charge on any atom is -0.444 e. The van der Waals surface area contributed by atoms with Crippen LogP contribution in [0.25, 0.3) is 0 Å². The lowest BCUT2D eigenvalue weighted by atomic mass is 9.85. The van der Waals surface area contributed by atoms with Crippen molar-refractivity contribution < 1.29 is 9.53 Å². The fraction of sp³-hybridized carbons (Fsp3) is 0.429. The summed E-state index contributed by atoms with van der Waals surface area (Å²) in [4.78, 5) is 15.4. The van der Waals surface area contributed by atoms with E-state index in [1.165, 1.54) is 5.56 Å². The van der Waals surface area contributed by atoms with Crippen LogP contribution in [0.1, 0.15) is 38.8 Å². The van der Waals surface area contributed by atoms with Crippen molar-refractivity contribution >= 4 is 11.9 Å². The fourth-order valence-electron chi connectivity index (χ4n) is 1.95. The van der Waals surface area contributed by atoms with E-state index in [0.29, 0.717) is 0 Å². The lowest BCUT2D eigenvalue weighted by molar-refractivity contribution is -0.130. The molecular weight excluding hydrogens is 228 g/mol. The van der Waals surface area contributed by atoms with Gasteiger partial charge in [-0.05, 0) is 17.9 Å². The first-order valence-electron chi connectivity index (χ1n) is 5.92. The third-order valence-electron chi connectivity index (χ3n) is 3.23. The normalized spacial score (nSPS) is 23.8. The molecule has 2 rings (SSSR count). The molecule has 0 saturated carbocycles. The lowest BCUT2D eigenvalue weighted by Gasteiger charge is -2.24. The smallest absolute Gasteiger partial charge is 0.298 e. The third kappa shape index (κ3) is 1.98. The van der Waals surface area contributed by atoms with Gasteiger partial charge in [0.15, 0.2) is 0 Å². The molecule has 2 N–H and O–H groups in total. The van der Waals surface area contributed by atoms with Gasteiger partial charge >= 0.3 is 0 Å². The molecule has 0 aromatic heterocycles. The Balaban J connectivity index is 2.34. The molecule has 18 heavy (non-hydrogen) atoms. The molecule has 1 aliphatic rings. The van der Waals surface area contributed by atoms with Crippen LogP contribution in [0.15, 0.2) is 29.3 Å². The number of nitrogens with two attached hydrogens (primary N) is 1. The van der Waals surface area contributed by atoms with Gasteiger partial charge in [-0.2, -0.15) is 4.99 Å². The average molecular weight is 246 g/mol. The molecule has 0 radical (unpaired) electrons.